The van der Waals surface area contributed by atoms with Crippen molar-refractivity contribution in [2.24, 2.45) is 12.8 Å². The highest BCUT2D eigenvalue weighted by atomic mass is 15.4. The molecule has 1 unspecified atom stereocenters. The summed E-state index contributed by atoms with van der Waals surface area (Å²) >= 11 is 0. The SMILES string of the molecule is CC(N)c1cn(Cc2nccn2C)nn1. The summed E-state index contributed by atoms with van der Waals surface area (Å²) < 4.78 is 3.69. The number of rotatable bonds is 3. The molecule has 0 radical (unpaired) electrons. The minimum atomic E-state index is -0.0832. The van der Waals surface area contributed by atoms with Gasteiger partial charge in [0.2, 0.25) is 0 Å². The topological polar surface area (TPSA) is 74.6 Å². The predicted octanol–water partition coefficient (Wildman–Crippen LogP) is 0.0796. The summed E-state index contributed by atoms with van der Waals surface area (Å²) in [6.07, 6.45) is 5.51. The van der Waals surface area contributed by atoms with Crippen LogP contribution >= 0.6 is 0 Å². The Bertz CT molecular complexity index is 441. The van der Waals surface area contributed by atoms with Crippen molar-refractivity contribution in [3.63, 3.8) is 0 Å². The summed E-state index contributed by atoms with van der Waals surface area (Å²) in [6, 6.07) is -0.0832. The minimum absolute atomic E-state index is 0.0832. The number of hydrogen-bond acceptors (Lipinski definition) is 4. The lowest BCUT2D eigenvalue weighted by atomic mass is 10.3. The van der Waals surface area contributed by atoms with Crippen molar-refractivity contribution < 1.29 is 0 Å². The Morgan fingerprint density at radius 3 is 2.87 bits per heavy atom. The van der Waals surface area contributed by atoms with Crippen molar-refractivity contribution in [2.45, 2.75) is 19.5 Å². The molecule has 2 heterocycles. The quantitative estimate of drug-likeness (QED) is 0.771. The fourth-order valence-electron chi connectivity index (χ4n) is 1.29. The van der Waals surface area contributed by atoms with Crippen LogP contribution in [-0.2, 0) is 13.6 Å². The van der Waals surface area contributed by atoms with Crippen LogP contribution in [0.3, 0.4) is 0 Å². The van der Waals surface area contributed by atoms with E-state index in [9.17, 15) is 0 Å². The Kier molecular flexibility index (Phi) is 2.51. The zero-order chi connectivity index (χ0) is 10.8. The van der Waals surface area contributed by atoms with Gasteiger partial charge in [0, 0.05) is 25.5 Å². The van der Waals surface area contributed by atoms with Gasteiger partial charge in [-0.3, -0.25) is 0 Å². The van der Waals surface area contributed by atoms with Crippen molar-refractivity contribution in [1.29, 1.82) is 0 Å². The van der Waals surface area contributed by atoms with Crippen LogP contribution < -0.4 is 5.73 Å². The molecule has 15 heavy (non-hydrogen) atoms. The van der Waals surface area contributed by atoms with Gasteiger partial charge in [-0.2, -0.15) is 0 Å². The number of hydrogen-bond donors (Lipinski definition) is 1. The molecule has 2 rings (SSSR count). The third kappa shape index (κ3) is 2.04. The summed E-state index contributed by atoms with van der Waals surface area (Å²) in [6.45, 7) is 2.50. The third-order valence-electron chi connectivity index (χ3n) is 2.25. The van der Waals surface area contributed by atoms with Gasteiger partial charge in [-0.25, -0.2) is 9.67 Å². The average molecular weight is 206 g/mol. The normalized spacial score (nSPS) is 13.0. The van der Waals surface area contributed by atoms with Crippen molar-refractivity contribution in [3.8, 4) is 0 Å². The molecule has 0 saturated carbocycles. The van der Waals surface area contributed by atoms with Gasteiger partial charge in [-0.05, 0) is 6.92 Å². The minimum Gasteiger partial charge on any atom is -0.336 e. The molecule has 1 atom stereocenters. The molecule has 0 spiro atoms. The van der Waals surface area contributed by atoms with Gasteiger partial charge in [0.1, 0.15) is 12.4 Å². The van der Waals surface area contributed by atoms with E-state index in [4.69, 9.17) is 5.73 Å². The van der Waals surface area contributed by atoms with Crippen LogP contribution in [0.1, 0.15) is 24.5 Å². The summed E-state index contributed by atoms with van der Waals surface area (Å²) in [7, 11) is 1.95. The van der Waals surface area contributed by atoms with Crippen molar-refractivity contribution >= 4 is 0 Å². The molecular weight excluding hydrogens is 192 g/mol. The van der Waals surface area contributed by atoms with Crippen molar-refractivity contribution in [3.05, 3.63) is 30.1 Å². The van der Waals surface area contributed by atoms with Crippen molar-refractivity contribution in [1.82, 2.24) is 24.5 Å². The molecule has 0 aliphatic rings. The number of aromatic nitrogens is 5. The molecular formula is C9H14N6. The number of nitrogens with two attached hydrogens (primary N) is 1. The molecule has 0 aliphatic carbocycles. The third-order valence-corrected chi connectivity index (χ3v) is 2.25. The van der Waals surface area contributed by atoms with Gasteiger partial charge in [0.25, 0.3) is 0 Å². The number of imidazole rings is 1. The van der Waals surface area contributed by atoms with Gasteiger partial charge in [0.05, 0.1) is 11.9 Å². The molecule has 80 valence electrons. The Labute approximate surface area is 87.7 Å². The van der Waals surface area contributed by atoms with Crippen LogP contribution in [0.2, 0.25) is 0 Å². The molecule has 0 fully saturated rings. The van der Waals surface area contributed by atoms with Crippen LogP contribution in [-0.4, -0.2) is 24.5 Å². The molecule has 2 aromatic rings. The van der Waals surface area contributed by atoms with E-state index in [1.165, 1.54) is 0 Å². The highest BCUT2D eigenvalue weighted by molar-refractivity contribution is 4.99. The van der Waals surface area contributed by atoms with E-state index in [0.29, 0.717) is 6.54 Å². The first-order chi connectivity index (χ1) is 7.16. The highest BCUT2D eigenvalue weighted by Crippen LogP contribution is 2.05. The zero-order valence-electron chi connectivity index (χ0n) is 8.83. The maximum absolute atomic E-state index is 5.69. The predicted molar refractivity (Wildman–Crippen MR) is 54.9 cm³/mol. The van der Waals surface area contributed by atoms with Crippen LogP contribution in [0, 0.1) is 0 Å². The lowest BCUT2D eigenvalue weighted by molar-refractivity contribution is 0.606. The second kappa shape index (κ2) is 3.82. The monoisotopic (exact) mass is 206 g/mol. The maximum atomic E-state index is 5.69. The zero-order valence-corrected chi connectivity index (χ0v) is 8.83. The van der Waals surface area contributed by atoms with Gasteiger partial charge >= 0.3 is 0 Å². The molecule has 0 aliphatic heterocycles. The van der Waals surface area contributed by atoms with Gasteiger partial charge in [-0.15, -0.1) is 5.10 Å². The van der Waals surface area contributed by atoms with Crippen LogP contribution in [0.5, 0.6) is 0 Å². The second-order valence-electron chi connectivity index (χ2n) is 3.58. The Morgan fingerprint density at radius 2 is 2.33 bits per heavy atom. The molecule has 0 aromatic carbocycles. The Balaban J connectivity index is 2.15. The van der Waals surface area contributed by atoms with Crippen LogP contribution in [0.4, 0.5) is 0 Å². The maximum Gasteiger partial charge on any atom is 0.130 e. The van der Waals surface area contributed by atoms with E-state index in [1.807, 2.05) is 30.9 Å². The van der Waals surface area contributed by atoms with E-state index in [1.54, 1.807) is 10.9 Å². The smallest absolute Gasteiger partial charge is 0.130 e. The lowest BCUT2D eigenvalue weighted by Gasteiger charge is -2.00. The largest absolute Gasteiger partial charge is 0.336 e. The van der Waals surface area contributed by atoms with E-state index in [2.05, 4.69) is 15.3 Å². The first-order valence-electron chi connectivity index (χ1n) is 4.78. The van der Waals surface area contributed by atoms with Gasteiger partial charge < -0.3 is 10.3 Å². The molecule has 0 bridgehead atoms. The first-order valence-corrected chi connectivity index (χ1v) is 4.78. The molecule has 0 saturated heterocycles. The van der Waals surface area contributed by atoms with E-state index >= 15 is 0 Å². The van der Waals surface area contributed by atoms with Crippen LogP contribution in [0.15, 0.2) is 18.6 Å². The average Bonchev–Trinajstić information content (AvgIpc) is 2.77. The fourth-order valence-corrected chi connectivity index (χ4v) is 1.29. The molecule has 6 nitrogen and oxygen atoms in total. The highest BCUT2D eigenvalue weighted by Gasteiger charge is 2.06. The van der Waals surface area contributed by atoms with Crippen molar-refractivity contribution in [2.75, 3.05) is 0 Å². The molecule has 6 heteroatoms. The van der Waals surface area contributed by atoms with Gasteiger partial charge in [0.15, 0.2) is 0 Å². The number of nitrogens with zero attached hydrogens (tertiary/aromatic N) is 5. The summed E-state index contributed by atoms with van der Waals surface area (Å²) in [5, 5.41) is 7.96. The van der Waals surface area contributed by atoms with E-state index in [-0.39, 0.29) is 6.04 Å². The second-order valence-corrected chi connectivity index (χ2v) is 3.58. The first kappa shape index (κ1) is 9.85. The summed E-state index contributed by atoms with van der Waals surface area (Å²) in [4.78, 5) is 4.21. The standard InChI is InChI=1S/C9H14N6/c1-7(10)8-5-15(13-12-8)6-9-11-3-4-14(9)2/h3-5,7H,6,10H2,1-2H3. The Hall–Kier alpha value is -1.69. The van der Waals surface area contributed by atoms with Crippen LogP contribution in [0.25, 0.3) is 0 Å². The molecule has 2 aromatic heterocycles. The summed E-state index contributed by atoms with van der Waals surface area (Å²) in [5.41, 5.74) is 6.49. The summed E-state index contributed by atoms with van der Waals surface area (Å²) in [5.74, 6) is 0.941. The Morgan fingerprint density at radius 1 is 1.53 bits per heavy atom. The number of aryl methyl sites for hydroxylation is 1. The van der Waals surface area contributed by atoms with Gasteiger partial charge in [-0.1, -0.05) is 5.21 Å². The van der Waals surface area contributed by atoms with E-state index < -0.39 is 0 Å². The van der Waals surface area contributed by atoms with E-state index in [0.717, 1.165) is 11.5 Å². The lowest BCUT2D eigenvalue weighted by Crippen LogP contribution is -2.07. The molecule has 0 amide bonds. The molecule has 2 N–H and O–H groups in total. The fraction of sp³-hybridized carbons (Fsp3) is 0.444.